The standard InChI is InChI=1S/C38H30N4O/c1-24-12-17-36(43)32(18-24)38-41-37-33(22-39-23-35(37)42(38)3)29-10-7-11-30(19-29)34-20-31(25(2)21-40-34)28-15-13-27(14-16-28)26-8-5-4-6-9-26/h4-23,43H,1-3H3. The van der Waals surface area contributed by atoms with Crippen molar-refractivity contribution < 1.29 is 5.11 Å². The fraction of sp³-hybridized carbons (Fsp3) is 0.0789. The monoisotopic (exact) mass is 558 g/mol. The molecule has 7 aromatic rings. The number of fused-ring (bicyclic) bond motifs is 1. The summed E-state index contributed by atoms with van der Waals surface area (Å²) in [5, 5.41) is 10.6. The molecular formula is C38H30N4O. The van der Waals surface area contributed by atoms with Crippen LogP contribution in [0.25, 0.3) is 67.1 Å². The Labute approximate surface area is 250 Å². The predicted molar refractivity (Wildman–Crippen MR) is 175 cm³/mol. The molecule has 0 aliphatic rings. The Morgan fingerprint density at radius 2 is 1.33 bits per heavy atom. The van der Waals surface area contributed by atoms with Crippen LogP contribution in [-0.4, -0.2) is 24.6 Å². The van der Waals surface area contributed by atoms with Gasteiger partial charge in [0.2, 0.25) is 0 Å². The number of benzene rings is 4. The van der Waals surface area contributed by atoms with Gasteiger partial charge in [0.25, 0.3) is 0 Å². The Kier molecular flexibility index (Phi) is 6.55. The average Bonchev–Trinajstić information content (AvgIpc) is 3.39. The summed E-state index contributed by atoms with van der Waals surface area (Å²) in [7, 11) is 1.96. The van der Waals surface area contributed by atoms with Crippen molar-refractivity contribution in [3.63, 3.8) is 0 Å². The number of aromatic nitrogens is 4. The summed E-state index contributed by atoms with van der Waals surface area (Å²) in [5.74, 6) is 0.904. The van der Waals surface area contributed by atoms with Gasteiger partial charge in [-0.15, -0.1) is 0 Å². The van der Waals surface area contributed by atoms with E-state index in [9.17, 15) is 5.11 Å². The van der Waals surface area contributed by atoms with Gasteiger partial charge in [0.05, 0.1) is 23.0 Å². The second-order valence-corrected chi connectivity index (χ2v) is 11.0. The van der Waals surface area contributed by atoms with Crippen LogP contribution in [0.1, 0.15) is 11.1 Å². The third kappa shape index (κ3) is 4.85. The lowest BCUT2D eigenvalue weighted by Gasteiger charge is -2.11. The second-order valence-electron chi connectivity index (χ2n) is 11.0. The number of aromatic hydroxyl groups is 1. The topological polar surface area (TPSA) is 63.8 Å². The maximum Gasteiger partial charge on any atom is 0.144 e. The van der Waals surface area contributed by atoms with Crippen molar-refractivity contribution in [2.24, 2.45) is 7.05 Å². The molecule has 7 rings (SSSR count). The molecule has 0 amide bonds. The molecule has 0 aliphatic heterocycles. The fourth-order valence-electron chi connectivity index (χ4n) is 5.69. The van der Waals surface area contributed by atoms with Gasteiger partial charge in [-0.3, -0.25) is 9.97 Å². The molecule has 0 bridgehead atoms. The highest BCUT2D eigenvalue weighted by Gasteiger charge is 2.17. The number of hydrogen-bond donors (Lipinski definition) is 1. The minimum Gasteiger partial charge on any atom is -0.507 e. The van der Waals surface area contributed by atoms with Gasteiger partial charge in [0.15, 0.2) is 0 Å². The molecule has 5 nitrogen and oxygen atoms in total. The maximum absolute atomic E-state index is 10.6. The van der Waals surface area contributed by atoms with Gasteiger partial charge in [-0.2, -0.15) is 0 Å². The van der Waals surface area contributed by atoms with E-state index in [2.05, 4.69) is 90.8 Å². The molecule has 0 fully saturated rings. The van der Waals surface area contributed by atoms with Crippen molar-refractivity contribution in [2.75, 3.05) is 0 Å². The first-order valence-electron chi connectivity index (χ1n) is 14.3. The van der Waals surface area contributed by atoms with E-state index in [0.717, 1.165) is 55.7 Å². The van der Waals surface area contributed by atoms with Crippen molar-refractivity contribution in [3.8, 4) is 61.8 Å². The molecule has 5 heteroatoms. The first-order valence-corrected chi connectivity index (χ1v) is 14.3. The largest absolute Gasteiger partial charge is 0.507 e. The van der Waals surface area contributed by atoms with E-state index in [4.69, 9.17) is 9.97 Å². The van der Waals surface area contributed by atoms with Crippen LogP contribution in [0.3, 0.4) is 0 Å². The van der Waals surface area contributed by atoms with Gasteiger partial charge in [-0.05, 0) is 71.5 Å². The van der Waals surface area contributed by atoms with Crippen LogP contribution in [0, 0.1) is 13.8 Å². The average molecular weight is 559 g/mol. The molecule has 0 saturated carbocycles. The van der Waals surface area contributed by atoms with Gasteiger partial charge in [0.1, 0.15) is 17.1 Å². The zero-order valence-corrected chi connectivity index (χ0v) is 24.3. The number of nitrogens with zero attached hydrogens (tertiary/aromatic N) is 4. The normalized spacial score (nSPS) is 11.2. The van der Waals surface area contributed by atoms with Gasteiger partial charge in [-0.1, -0.05) is 84.4 Å². The number of phenols is 1. The van der Waals surface area contributed by atoms with E-state index in [-0.39, 0.29) is 5.75 Å². The molecule has 43 heavy (non-hydrogen) atoms. The summed E-state index contributed by atoms with van der Waals surface area (Å²) in [5.41, 5.74) is 13.2. The van der Waals surface area contributed by atoms with Crippen molar-refractivity contribution in [1.29, 1.82) is 0 Å². The third-order valence-corrected chi connectivity index (χ3v) is 8.06. The number of aryl methyl sites for hydroxylation is 3. The summed E-state index contributed by atoms with van der Waals surface area (Å²) in [6.07, 6.45) is 5.63. The van der Waals surface area contributed by atoms with Crippen molar-refractivity contribution >= 4 is 11.0 Å². The molecule has 3 aromatic heterocycles. The summed E-state index contributed by atoms with van der Waals surface area (Å²) in [6.45, 7) is 4.11. The van der Waals surface area contributed by atoms with E-state index in [1.54, 1.807) is 6.07 Å². The highest BCUT2D eigenvalue weighted by atomic mass is 16.3. The molecule has 208 valence electrons. The predicted octanol–water partition coefficient (Wildman–Crippen LogP) is 9.02. The number of hydrogen-bond acceptors (Lipinski definition) is 4. The molecule has 0 radical (unpaired) electrons. The summed E-state index contributed by atoms with van der Waals surface area (Å²) in [6, 6.07) is 35.3. The van der Waals surface area contributed by atoms with E-state index in [0.29, 0.717) is 11.4 Å². The van der Waals surface area contributed by atoms with E-state index in [1.165, 1.54) is 11.1 Å². The van der Waals surface area contributed by atoms with Gasteiger partial charge >= 0.3 is 0 Å². The molecule has 0 atom stereocenters. The van der Waals surface area contributed by atoms with E-state index < -0.39 is 0 Å². The Morgan fingerprint density at radius 1 is 0.605 bits per heavy atom. The lowest BCUT2D eigenvalue weighted by Crippen LogP contribution is -1.93. The number of phenolic OH excluding ortho intramolecular Hbond substituents is 1. The van der Waals surface area contributed by atoms with Gasteiger partial charge in [-0.25, -0.2) is 4.98 Å². The zero-order valence-electron chi connectivity index (χ0n) is 24.3. The summed E-state index contributed by atoms with van der Waals surface area (Å²) in [4.78, 5) is 14.4. The van der Waals surface area contributed by atoms with Gasteiger partial charge < -0.3 is 9.67 Å². The Morgan fingerprint density at radius 3 is 2.14 bits per heavy atom. The van der Waals surface area contributed by atoms with Crippen LogP contribution in [0.5, 0.6) is 5.75 Å². The van der Waals surface area contributed by atoms with Gasteiger partial charge in [0, 0.05) is 30.6 Å². The molecule has 1 N–H and O–H groups in total. The first kappa shape index (κ1) is 26.4. The molecule has 4 aromatic carbocycles. The van der Waals surface area contributed by atoms with Crippen LogP contribution in [0.15, 0.2) is 122 Å². The van der Waals surface area contributed by atoms with Crippen molar-refractivity contribution in [1.82, 2.24) is 19.5 Å². The molecule has 0 saturated heterocycles. The SMILES string of the molecule is Cc1ccc(O)c(-c2nc3c(-c4cccc(-c5cc(-c6ccc(-c7ccccc7)cc6)c(C)cn5)c4)cncc3n2C)c1. The summed E-state index contributed by atoms with van der Waals surface area (Å²) >= 11 is 0. The van der Waals surface area contributed by atoms with Crippen molar-refractivity contribution in [3.05, 3.63) is 133 Å². The van der Waals surface area contributed by atoms with E-state index in [1.807, 2.05) is 55.3 Å². The lowest BCUT2D eigenvalue weighted by atomic mass is 9.96. The quantitative estimate of drug-likeness (QED) is 0.229. The number of rotatable bonds is 5. The maximum atomic E-state index is 10.6. The van der Waals surface area contributed by atoms with Crippen LogP contribution in [0.2, 0.25) is 0 Å². The van der Waals surface area contributed by atoms with Crippen LogP contribution in [-0.2, 0) is 7.05 Å². The minimum absolute atomic E-state index is 0.205. The Hall–Kier alpha value is -5.55. The Bertz CT molecular complexity index is 2110. The summed E-state index contributed by atoms with van der Waals surface area (Å²) < 4.78 is 1.99. The minimum atomic E-state index is 0.205. The molecule has 3 heterocycles. The number of imidazole rings is 1. The zero-order chi connectivity index (χ0) is 29.5. The highest BCUT2D eigenvalue weighted by molar-refractivity contribution is 5.94. The lowest BCUT2D eigenvalue weighted by molar-refractivity contribution is 0.476. The fourth-order valence-corrected chi connectivity index (χ4v) is 5.69. The van der Waals surface area contributed by atoms with Crippen LogP contribution >= 0.6 is 0 Å². The first-order chi connectivity index (χ1) is 21.0. The number of pyridine rings is 2. The smallest absolute Gasteiger partial charge is 0.144 e. The highest BCUT2D eigenvalue weighted by Crippen LogP contribution is 2.36. The molecule has 0 aliphatic carbocycles. The second kappa shape index (κ2) is 10.7. The molecule has 0 spiro atoms. The van der Waals surface area contributed by atoms with Crippen molar-refractivity contribution in [2.45, 2.75) is 13.8 Å². The molecule has 0 unspecified atom stereocenters. The molecular weight excluding hydrogens is 528 g/mol. The van der Waals surface area contributed by atoms with Crippen LogP contribution in [0.4, 0.5) is 0 Å². The van der Waals surface area contributed by atoms with Crippen LogP contribution < -0.4 is 0 Å². The Balaban J connectivity index is 1.27. The van der Waals surface area contributed by atoms with E-state index >= 15 is 0 Å². The third-order valence-electron chi connectivity index (χ3n) is 8.06.